The van der Waals surface area contributed by atoms with Gasteiger partial charge in [-0.05, 0) is 47.5 Å². The van der Waals surface area contributed by atoms with E-state index in [9.17, 15) is 19.5 Å². The van der Waals surface area contributed by atoms with Crippen LogP contribution in [0, 0.1) is 0 Å². The van der Waals surface area contributed by atoms with Gasteiger partial charge in [0.2, 0.25) is 0 Å². The second kappa shape index (κ2) is 8.53. The number of esters is 1. The molecule has 0 fully saturated rings. The number of amides is 2. The van der Waals surface area contributed by atoms with E-state index in [4.69, 9.17) is 4.74 Å². The maximum Gasteiger partial charge on any atom is 0.337 e. The molecular weight excluding hydrogens is 364 g/mol. The van der Waals surface area contributed by atoms with Crippen LogP contribution in [0.1, 0.15) is 27.6 Å². The largest absolute Gasteiger partial charge is 0.493 e. The normalized spacial score (nSPS) is 13.1. The minimum absolute atomic E-state index is 0.104. The van der Waals surface area contributed by atoms with Gasteiger partial charge in [-0.3, -0.25) is 9.59 Å². The standard InChI is InChI=1S/C20H20N2O6/c1-27-20(26)12-2-5-15(6-3-12)22-19(25)18(24)21-11-16(23)13-4-7-17-14(10-13)8-9-28-17/h2-7,10,16,23H,8-9,11H2,1H3,(H,21,24)(H,22,25)/t16-/m1/s1. The summed E-state index contributed by atoms with van der Waals surface area (Å²) in [5, 5.41) is 15.1. The fourth-order valence-corrected chi connectivity index (χ4v) is 2.80. The van der Waals surface area contributed by atoms with Crippen LogP contribution in [0.4, 0.5) is 5.69 Å². The van der Waals surface area contributed by atoms with E-state index < -0.39 is 23.9 Å². The molecule has 0 spiro atoms. The molecule has 1 aliphatic heterocycles. The summed E-state index contributed by atoms with van der Waals surface area (Å²) in [5.41, 5.74) is 2.33. The van der Waals surface area contributed by atoms with E-state index in [-0.39, 0.29) is 6.54 Å². The van der Waals surface area contributed by atoms with Crippen molar-refractivity contribution >= 4 is 23.5 Å². The SMILES string of the molecule is COC(=O)c1ccc(NC(=O)C(=O)NC[C@@H](O)c2ccc3c(c2)CCO3)cc1. The summed E-state index contributed by atoms with van der Waals surface area (Å²) in [6, 6.07) is 11.3. The molecule has 0 saturated carbocycles. The summed E-state index contributed by atoms with van der Waals surface area (Å²) in [6.45, 7) is 0.513. The van der Waals surface area contributed by atoms with Crippen LogP contribution in [0.15, 0.2) is 42.5 Å². The highest BCUT2D eigenvalue weighted by Gasteiger charge is 2.18. The molecule has 0 aliphatic carbocycles. The number of hydrogen-bond donors (Lipinski definition) is 3. The van der Waals surface area contributed by atoms with Crippen LogP contribution in [0.2, 0.25) is 0 Å². The van der Waals surface area contributed by atoms with Crippen molar-refractivity contribution in [1.29, 1.82) is 0 Å². The zero-order chi connectivity index (χ0) is 20.1. The topological polar surface area (TPSA) is 114 Å². The Morgan fingerprint density at radius 3 is 2.61 bits per heavy atom. The summed E-state index contributed by atoms with van der Waals surface area (Å²) in [6.07, 6.45) is -0.165. The first-order valence-corrected chi connectivity index (χ1v) is 8.69. The first-order valence-electron chi connectivity index (χ1n) is 8.69. The minimum Gasteiger partial charge on any atom is -0.493 e. The van der Waals surface area contributed by atoms with Crippen LogP contribution in [0.25, 0.3) is 0 Å². The average molecular weight is 384 g/mol. The van der Waals surface area contributed by atoms with E-state index in [2.05, 4.69) is 15.4 Å². The van der Waals surface area contributed by atoms with Crippen molar-refractivity contribution in [3.63, 3.8) is 0 Å². The zero-order valence-corrected chi connectivity index (χ0v) is 15.2. The highest BCUT2D eigenvalue weighted by molar-refractivity contribution is 6.39. The molecule has 2 amide bonds. The van der Waals surface area contributed by atoms with Crippen molar-refractivity contribution in [2.45, 2.75) is 12.5 Å². The number of fused-ring (bicyclic) bond motifs is 1. The third kappa shape index (κ3) is 4.47. The van der Waals surface area contributed by atoms with Gasteiger partial charge in [-0.25, -0.2) is 4.79 Å². The van der Waals surface area contributed by atoms with E-state index in [1.807, 2.05) is 6.07 Å². The average Bonchev–Trinajstić information content (AvgIpc) is 3.19. The summed E-state index contributed by atoms with van der Waals surface area (Å²) in [4.78, 5) is 35.3. The Balaban J connectivity index is 1.51. The van der Waals surface area contributed by atoms with E-state index in [1.165, 1.54) is 31.4 Å². The molecule has 1 atom stereocenters. The van der Waals surface area contributed by atoms with E-state index in [0.717, 1.165) is 17.7 Å². The predicted octanol–water partition coefficient (Wildman–Crippen LogP) is 1.20. The van der Waals surface area contributed by atoms with Crippen LogP contribution in [0.5, 0.6) is 5.75 Å². The van der Waals surface area contributed by atoms with Gasteiger partial charge in [0.05, 0.1) is 25.4 Å². The number of nitrogens with one attached hydrogen (secondary N) is 2. The van der Waals surface area contributed by atoms with Gasteiger partial charge in [-0.1, -0.05) is 6.07 Å². The van der Waals surface area contributed by atoms with Crippen molar-refractivity contribution in [2.24, 2.45) is 0 Å². The minimum atomic E-state index is -0.943. The van der Waals surface area contributed by atoms with Gasteiger partial charge in [-0.15, -0.1) is 0 Å². The molecule has 8 nitrogen and oxygen atoms in total. The lowest BCUT2D eigenvalue weighted by molar-refractivity contribution is -0.136. The van der Waals surface area contributed by atoms with Crippen molar-refractivity contribution in [3.8, 4) is 5.75 Å². The lowest BCUT2D eigenvalue weighted by Gasteiger charge is -2.13. The Morgan fingerprint density at radius 2 is 1.89 bits per heavy atom. The Bertz CT molecular complexity index is 894. The molecule has 2 aromatic rings. The highest BCUT2D eigenvalue weighted by Crippen LogP contribution is 2.28. The van der Waals surface area contributed by atoms with Crippen molar-refractivity contribution in [2.75, 3.05) is 25.6 Å². The zero-order valence-electron chi connectivity index (χ0n) is 15.2. The van der Waals surface area contributed by atoms with Gasteiger partial charge in [-0.2, -0.15) is 0 Å². The Hall–Kier alpha value is -3.39. The molecular formula is C20H20N2O6. The molecule has 0 saturated heterocycles. The number of hydrogen-bond acceptors (Lipinski definition) is 6. The molecule has 1 aliphatic rings. The number of aliphatic hydroxyl groups is 1. The molecule has 3 N–H and O–H groups in total. The Morgan fingerprint density at radius 1 is 1.14 bits per heavy atom. The Kier molecular flexibility index (Phi) is 5.90. The fraction of sp³-hybridized carbons (Fsp3) is 0.250. The summed E-state index contributed by atoms with van der Waals surface area (Å²) < 4.78 is 10.0. The number of methoxy groups -OCH3 is 1. The van der Waals surface area contributed by atoms with Crippen LogP contribution >= 0.6 is 0 Å². The lowest BCUT2D eigenvalue weighted by atomic mass is 10.0. The predicted molar refractivity (Wildman–Crippen MR) is 100 cm³/mol. The first-order chi connectivity index (χ1) is 13.5. The second-order valence-corrected chi connectivity index (χ2v) is 6.21. The molecule has 0 bridgehead atoms. The van der Waals surface area contributed by atoms with Gasteiger partial charge in [0.1, 0.15) is 5.75 Å². The smallest absolute Gasteiger partial charge is 0.337 e. The molecule has 0 radical (unpaired) electrons. The third-order valence-corrected chi connectivity index (χ3v) is 4.32. The summed E-state index contributed by atoms with van der Waals surface area (Å²) in [5.74, 6) is -1.44. The van der Waals surface area contributed by atoms with Gasteiger partial charge >= 0.3 is 17.8 Å². The molecule has 2 aromatic carbocycles. The number of anilines is 1. The van der Waals surface area contributed by atoms with Gasteiger partial charge in [0.15, 0.2) is 0 Å². The van der Waals surface area contributed by atoms with Crippen LogP contribution in [-0.2, 0) is 20.7 Å². The van der Waals surface area contributed by atoms with Crippen molar-refractivity contribution in [1.82, 2.24) is 5.32 Å². The van der Waals surface area contributed by atoms with Gasteiger partial charge in [0, 0.05) is 18.7 Å². The number of carbonyl (C=O) groups excluding carboxylic acids is 3. The quantitative estimate of drug-likeness (QED) is 0.527. The first kappa shape index (κ1) is 19.4. The second-order valence-electron chi connectivity index (χ2n) is 6.21. The maximum absolute atomic E-state index is 12.0. The Labute approximate surface area is 161 Å². The van der Waals surface area contributed by atoms with Crippen LogP contribution < -0.4 is 15.4 Å². The number of ether oxygens (including phenoxy) is 2. The number of benzene rings is 2. The third-order valence-electron chi connectivity index (χ3n) is 4.32. The number of carbonyl (C=O) groups is 3. The molecule has 0 unspecified atom stereocenters. The number of aliphatic hydroxyl groups excluding tert-OH is 1. The van der Waals surface area contributed by atoms with E-state index in [1.54, 1.807) is 12.1 Å². The fourth-order valence-electron chi connectivity index (χ4n) is 2.80. The van der Waals surface area contributed by atoms with Crippen LogP contribution in [-0.4, -0.2) is 43.2 Å². The molecule has 8 heteroatoms. The lowest BCUT2D eigenvalue weighted by Crippen LogP contribution is -2.37. The van der Waals surface area contributed by atoms with Crippen LogP contribution in [0.3, 0.4) is 0 Å². The highest BCUT2D eigenvalue weighted by atomic mass is 16.5. The molecule has 146 valence electrons. The van der Waals surface area contributed by atoms with Gasteiger partial charge < -0.3 is 25.2 Å². The van der Waals surface area contributed by atoms with Crippen molar-refractivity contribution < 1.29 is 29.0 Å². The number of rotatable bonds is 5. The monoisotopic (exact) mass is 384 g/mol. The van der Waals surface area contributed by atoms with E-state index >= 15 is 0 Å². The summed E-state index contributed by atoms with van der Waals surface area (Å²) in [7, 11) is 1.27. The van der Waals surface area contributed by atoms with Gasteiger partial charge in [0.25, 0.3) is 0 Å². The maximum atomic E-state index is 12.0. The summed E-state index contributed by atoms with van der Waals surface area (Å²) >= 11 is 0. The van der Waals surface area contributed by atoms with Crippen molar-refractivity contribution in [3.05, 3.63) is 59.2 Å². The molecule has 0 aromatic heterocycles. The molecule has 28 heavy (non-hydrogen) atoms. The van der Waals surface area contributed by atoms with E-state index in [0.29, 0.717) is 23.4 Å². The molecule has 3 rings (SSSR count). The molecule has 1 heterocycles.